The Morgan fingerprint density at radius 1 is 1.08 bits per heavy atom. The minimum absolute atomic E-state index is 0.266. The van der Waals surface area contributed by atoms with Crippen LogP contribution in [0.1, 0.15) is 10.4 Å². The van der Waals surface area contributed by atoms with Gasteiger partial charge in [0.2, 0.25) is 0 Å². The van der Waals surface area contributed by atoms with Gasteiger partial charge in [-0.1, -0.05) is 18.2 Å². The average molecular weight is 387 g/mol. The summed E-state index contributed by atoms with van der Waals surface area (Å²) in [6.07, 6.45) is 1.70. The molecular weight excluding hydrogens is 372 g/mol. The van der Waals surface area contributed by atoms with E-state index >= 15 is 0 Å². The first-order valence-corrected chi connectivity index (χ1v) is 8.00. The largest absolute Gasteiger partial charge is 0.495 e. The maximum Gasteiger partial charge on any atom is 0.255 e. The second-order valence-electron chi connectivity index (χ2n) is 5.03. The van der Waals surface area contributed by atoms with E-state index in [1.165, 1.54) is 14.2 Å². The molecule has 1 aromatic heterocycles. The molecule has 0 radical (unpaired) electrons. The van der Waals surface area contributed by atoms with Crippen LogP contribution < -0.4 is 14.8 Å². The number of rotatable bonds is 4. The number of methoxy groups -OCH3 is 2. The van der Waals surface area contributed by atoms with Crippen molar-refractivity contribution in [2.24, 2.45) is 0 Å². The number of para-hydroxylation sites is 1. The molecule has 1 amide bonds. The van der Waals surface area contributed by atoms with Crippen molar-refractivity contribution in [1.29, 1.82) is 0 Å². The number of pyridine rings is 1. The number of hydrogen-bond donors (Lipinski definition) is 1. The van der Waals surface area contributed by atoms with E-state index in [9.17, 15) is 4.79 Å². The number of nitrogens with zero attached hydrogens (tertiary/aromatic N) is 1. The molecule has 0 aliphatic rings. The zero-order valence-corrected chi connectivity index (χ0v) is 14.8. The molecule has 1 heterocycles. The third-order valence-electron chi connectivity index (χ3n) is 3.59. The Morgan fingerprint density at radius 3 is 2.42 bits per heavy atom. The zero-order chi connectivity index (χ0) is 17.1. The molecule has 0 saturated carbocycles. The summed E-state index contributed by atoms with van der Waals surface area (Å²) in [6.45, 7) is 0. The lowest BCUT2D eigenvalue weighted by molar-refractivity contribution is 0.102. The normalized spacial score (nSPS) is 10.5. The van der Waals surface area contributed by atoms with Crippen LogP contribution in [-0.2, 0) is 0 Å². The number of aromatic nitrogens is 1. The van der Waals surface area contributed by atoms with E-state index in [1.54, 1.807) is 18.3 Å². The highest BCUT2D eigenvalue weighted by Gasteiger charge is 2.15. The first-order valence-electron chi connectivity index (χ1n) is 7.20. The minimum Gasteiger partial charge on any atom is -0.495 e. The number of halogens is 1. The summed E-state index contributed by atoms with van der Waals surface area (Å²) in [5, 5.41) is 3.85. The number of hydrogen-bond acceptors (Lipinski definition) is 4. The molecule has 3 aromatic rings. The molecule has 2 aromatic carbocycles. The maximum atomic E-state index is 12.6. The second kappa shape index (κ2) is 6.88. The fourth-order valence-electron chi connectivity index (χ4n) is 2.40. The quantitative estimate of drug-likeness (QED) is 0.727. The number of benzene rings is 2. The minimum atomic E-state index is -0.266. The van der Waals surface area contributed by atoms with Crippen LogP contribution >= 0.6 is 15.9 Å². The van der Waals surface area contributed by atoms with E-state index in [1.807, 2.05) is 30.3 Å². The summed E-state index contributed by atoms with van der Waals surface area (Å²) < 4.78 is 11.2. The van der Waals surface area contributed by atoms with Gasteiger partial charge in [0.05, 0.1) is 25.4 Å². The predicted molar refractivity (Wildman–Crippen MR) is 96.9 cm³/mol. The standard InChI is InChI=1S/C18H15BrN2O3/c1-23-14-9-12(10-15(24-2)16(14)19)18(22)21-13-7-3-5-11-6-4-8-20-17(11)13/h3-10H,1-2H3,(H,21,22). The number of carbonyl (C=O) groups is 1. The second-order valence-corrected chi connectivity index (χ2v) is 5.82. The van der Waals surface area contributed by atoms with Gasteiger partial charge in [0, 0.05) is 17.1 Å². The Hall–Kier alpha value is -2.60. The van der Waals surface area contributed by atoms with Crippen LogP contribution in [0.4, 0.5) is 5.69 Å². The maximum absolute atomic E-state index is 12.6. The number of nitrogens with one attached hydrogen (secondary N) is 1. The molecule has 0 aliphatic carbocycles. The Bertz CT molecular complexity index is 881. The van der Waals surface area contributed by atoms with E-state index in [0.717, 1.165) is 10.9 Å². The van der Waals surface area contributed by atoms with Crippen molar-refractivity contribution in [2.45, 2.75) is 0 Å². The summed E-state index contributed by atoms with van der Waals surface area (Å²) in [7, 11) is 3.08. The van der Waals surface area contributed by atoms with E-state index in [4.69, 9.17) is 9.47 Å². The fraction of sp³-hybridized carbons (Fsp3) is 0.111. The van der Waals surface area contributed by atoms with Crippen molar-refractivity contribution < 1.29 is 14.3 Å². The van der Waals surface area contributed by atoms with Gasteiger partial charge in [-0.3, -0.25) is 9.78 Å². The molecule has 5 nitrogen and oxygen atoms in total. The molecule has 6 heteroatoms. The van der Waals surface area contributed by atoms with Gasteiger partial charge in [0.1, 0.15) is 16.0 Å². The van der Waals surface area contributed by atoms with Crippen LogP contribution in [0, 0.1) is 0 Å². The molecule has 0 fully saturated rings. The fourth-order valence-corrected chi connectivity index (χ4v) is 2.95. The van der Waals surface area contributed by atoms with Gasteiger partial charge in [0.15, 0.2) is 0 Å². The van der Waals surface area contributed by atoms with Crippen LogP contribution in [0.25, 0.3) is 10.9 Å². The van der Waals surface area contributed by atoms with Gasteiger partial charge >= 0.3 is 0 Å². The third kappa shape index (κ3) is 3.05. The van der Waals surface area contributed by atoms with Gasteiger partial charge in [0.25, 0.3) is 5.91 Å². The highest BCUT2D eigenvalue weighted by atomic mass is 79.9. The van der Waals surface area contributed by atoms with Crippen LogP contribution in [0.5, 0.6) is 11.5 Å². The van der Waals surface area contributed by atoms with E-state index in [-0.39, 0.29) is 5.91 Å². The summed E-state index contributed by atoms with van der Waals surface area (Å²) in [6, 6.07) is 12.8. The zero-order valence-electron chi connectivity index (χ0n) is 13.2. The molecule has 0 bridgehead atoms. The summed E-state index contributed by atoms with van der Waals surface area (Å²) >= 11 is 3.39. The van der Waals surface area contributed by atoms with Crippen molar-refractivity contribution in [1.82, 2.24) is 4.98 Å². The SMILES string of the molecule is COc1cc(C(=O)Nc2cccc3cccnc23)cc(OC)c1Br. The average Bonchev–Trinajstić information content (AvgIpc) is 2.62. The van der Waals surface area contributed by atoms with Gasteiger partial charge in [-0.25, -0.2) is 0 Å². The summed E-state index contributed by atoms with van der Waals surface area (Å²) in [5.41, 5.74) is 1.82. The lowest BCUT2D eigenvalue weighted by Crippen LogP contribution is -2.13. The molecule has 0 unspecified atom stereocenters. The summed E-state index contributed by atoms with van der Waals surface area (Å²) in [5.74, 6) is 0.781. The molecule has 0 atom stereocenters. The molecule has 0 aliphatic heterocycles. The molecule has 122 valence electrons. The van der Waals surface area contributed by atoms with Crippen molar-refractivity contribution >= 4 is 38.4 Å². The smallest absolute Gasteiger partial charge is 0.255 e. The highest BCUT2D eigenvalue weighted by molar-refractivity contribution is 9.10. The number of amides is 1. The molecule has 0 spiro atoms. The van der Waals surface area contributed by atoms with Gasteiger partial charge in [-0.2, -0.15) is 0 Å². The first-order chi connectivity index (χ1) is 11.6. The number of carbonyl (C=O) groups excluding carboxylic acids is 1. The lowest BCUT2D eigenvalue weighted by atomic mass is 10.1. The van der Waals surface area contributed by atoms with Crippen LogP contribution in [0.15, 0.2) is 53.1 Å². The molecule has 3 rings (SSSR count). The first kappa shape index (κ1) is 16.3. The monoisotopic (exact) mass is 386 g/mol. The van der Waals surface area contributed by atoms with Crippen LogP contribution in [0.2, 0.25) is 0 Å². The number of fused-ring (bicyclic) bond motifs is 1. The molecule has 0 saturated heterocycles. The number of anilines is 1. The molecule has 1 N–H and O–H groups in total. The molecule has 24 heavy (non-hydrogen) atoms. The number of ether oxygens (including phenoxy) is 2. The van der Waals surface area contributed by atoms with E-state index in [0.29, 0.717) is 27.2 Å². The van der Waals surface area contributed by atoms with Crippen molar-refractivity contribution in [2.75, 3.05) is 19.5 Å². The summed E-state index contributed by atoms with van der Waals surface area (Å²) in [4.78, 5) is 17.0. The Morgan fingerprint density at radius 2 is 1.75 bits per heavy atom. The van der Waals surface area contributed by atoms with E-state index < -0.39 is 0 Å². The van der Waals surface area contributed by atoms with Crippen molar-refractivity contribution in [3.05, 3.63) is 58.7 Å². The molecular formula is C18H15BrN2O3. The van der Waals surface area contributed by atoms with Gasteiger partial charge in [-0.15, -0.1) is 0 Å². The lowest BCUT2D eigenvalue weighted by Gasteiger charge is -2.12. The Kier molecular flexibility index (Phi) is 4.66. The van der Waals surface area contributed by atoms with Crippen LogP contribution in [-0.4, -0.2) is 25.1 Å². The van der Waals surface area contributed by atoms with Gasteiger partial charge in [-0.05, 0) is 40.2 Å². The highest BCUT2D eigenvalue weighted by Crippen LogP contribution is 2.36. The van der Waals surface area contributed by atoms with E-state index in [2.05, 4.69) is 26.2 Å². The Balaban J connectivity index is 1.98. The van der Waals surface area contributed by atoms with Crippen molar-refractivity contribution in [3.63, 3.8) is 0 Å². The van der Waals surface area contributed by atoms with Crippen molar-refractivity contribution in [3.8, 4) is 11.5 Å². The topological polar surface area (TPSA) is 60.5 Å². The Labute approximate surface area is 147 Å². The predicted octanol–water partition coefficient (Wildman–Crippen LogP) is 4.27. The van der Waals surface area contributed by atoms with Gasteiger partial charge < -0.3 is 14.8 Å². The third-order valence-corrected chi connectivity index (χ3v) is 4.37. The van der Waals surface area contributed by atoms with Crippen LogP contribution in [0.3, 0.4) is 0 Å².